The number of esters is 1. The van der Waals surface area contributed by atoms with E-state index in [9.17, 15) is 10.1 Å². The molecule has 1 unspecified atom stereocenters. The van der Waals surface area contributed by atoms with Crippen LogP contribution in [0.5, 0.6) is 28.7 Å². The van der Waals surface area contributed by atoms with Crippen LogP contribution in [0.3, 0.4) is 0 Å². The van der Waals surface area contributed by atoms with Crippen LogP contribution in [0.15, 0.2) is 72.1 Å². The number of nitrogens with two attached hydrogens (primary N) is 1. The number of fused-ring (bicyclic) bond motifs is 1. The molecule has 0 spiro atoms. The highest BCUT2D eigenvalue weighted by atomic mass is 16.6. The largest absolute Gasteiger partial charge is 0.490 e. The maximum atomic E-state index is 12.4. The smallest absolute Gasteiger partial charge is 0.349 e. The number of aryl methyl sites for hydroxylation is 1. The molecule has 0 aromatic heterocycles. The highest BCUT2D eigenvalue weighted by Crippen LogP contribution is 2.45. The molecule has 1 heterocycles. The second-order valence-electron chi connectivity index (χ2n) is 9.39. The minimum atomic E-state index is -0.565. The monoisotopic (exact) mass is 542 g/mol. The van der Waals surface area contributed by atoms with Gasteiger partial charge in [0.05, 0.1) is 19.1 Å². The third-order valence-corrected chi connectivity index (χ3v) is 6.41. The van der Waals surface area contributed by atoms with Gasteiger partial charge < -0.3 is 29.4 Å². The minimum Gasteiger partial charge on any atom is -0.490 e. The van der Waals surface area contributed by atoms with Crippen molar-refractivity contribution < 1.29 is 28.5 Å². The first-order valence-corrected chi connectivity index (χ1v) is 13.4. The van der Waals surface area contributed by atoms with E-state index in [0.29, 0.717) is 41.8 Å². The van der Waals surface area contributed by atoms with Crippen molar-refractivity contribution in [2.45, 2.75) is 46.0 Å². The Hall–Kier alpha value is -4.64. The van der Waals surface area contributed by atoms with Crippen molar-refractivity contribution in [2.75, 3.05) is 19.8 Å². The Balaban J connectivity index is 1.55. The number of nitrogens with zero attached hydrogens (tertiary/aromatic N) is 1. The fraction of sp³-hybridized carbons (Fsp3) is 0.312. The van der Waals surface area contributed by atoms with Crippen LogP contribution in [0.25, 0.3) is 0 Å². The molecule has 1 atom stereocenters. The van der Waals surface area contributed by atoms with E-state index in [0.717, 1.165) is 30.4 Å². The lowest BCUT2D eigenvalue weighted by atomic mass is 9.83. The maximum Gasteiger partial charge on any atom is 0.349 e. The minimum absolute atomic E-state index is 0.0102. The molecule has 0 radical (unpaired) electrons. The molecule has 0 saturated heterocycles. The normalized spacial score (nSPS) is 14.0. The summed E-state index contributed by atoms with van der Waals surface area (Å²) >= 11 is 0. The Bertz CT molecular complexity index is 1410. The van der Waals surface area contributed by atoms with Gasteiger partial charge in [-0.05, 0) is 56.2 Å². The van der Waals surface area contributed by atoms with Crippen LogP contribution in [0.2, 0.25) is 0 Å². The summed E-state index contributed by atoms with van der Waals surface area (Å²) in [6.07, 6.45) is 3.16. The summed E-state index contributed by atoms with van der Waals surface area (Å²) in [5, 5.41) is 9.95. The van der Waals surface area contributed by atoms with E-state index in [-0.39, 0.29) is 23.8 Å². The van der Waals surface area contributed by atoms with Crippen molar-refractivity contribution in [1.29, 1.82) is 5.26 Å². The number of benzene rings is 3. The molecule has 0 fully saturated rings. The summed E-state index contributed by atoms with van der Waals surface area (Å²) in [6, 6.07) is 20.2. The molecule has 4 rings (SSSR count). The third-order valence-electron chi connectivity index (χ3n) is 6.41. The van der Waals surface area contributed by atoms with Gasteiger partial charge in [-0.3, -0.25) is 0 Å². The van der Waals surface area contributed by atoms with Gasteiger partial charge in [-0.25, -0.2) is 4.79 Å². The third kappa shape index (κ3) is 6.86. The quantitative estimate of drug-likeness (QED) is 0.164. The summed E-state index contributed by atoms with van der Waals surface area (Å²) < 4.78 is 28.6. The van der Waals surface area contributed by atoms with E-state index in [1.54, 1.807) is 30.3 Å². The van der Waals surface area contributed by atoms with E-state index in [1.807, 2.05) is 44.2 Å². The fourth-order valence-corrected chi connectivity index (χ4v) is 4.41. The number of unbranched alkanes of at least 4 members (excludes halogenated alkanes) is 2. The van der Waals surface area contributed by atoms with Gasteiger partial charge in [-0.15, -0.1) is 0 Å². The van der Waals surface area contributed by atoms with Crippen molar-refractivity contribution >= 4 is 5.97 Å². The van der Waals surface area contributed by atoms with Crippen LogP contribution in [0, 0.1) is 18.3 Å². The molecule has 1 aliphatic rings. The molecule has 8 nitrogen and oxygen atoms in total. The van der Waals surface area contributed by atoms with Gasteiger partial charge in [0.15, 0.2) is 18.1 Å². The number of carbonyl (C=O) groups excluding carboxylic acids is 1. The highest BCUT2D eigenvalue weighted by Gasteiger charge is 2.32. The maximum absolute atomic E-state index is 12.4. The van der Waals surface area contributed by atoms with Crippen LogP contribution < -0.4 is 29.4 Å². The van der Waals surface area contributed by atoms with E-state index >= 15 is 0 Å². The molecular formula is C32H34N2O6. The zero-order chi connectivity index (χ0) is 28.5. The van der Waals surface area contributed by atoms with Crippen LogP contribution in [-0.2, 0) is 4.79 Å². The topological polar surface area (TPSA) is 113 Å². The number of rotatable bonds is 12. The van der Waals surface area contributed by atoms with Crippen molar-refractivity contribution in [3.05, 3.63) is 88.8 Å². The van der Waals surface area contributed by atoms with Gasteiger partial charge >= 0.3 is 5.97 Å². The van der Waals surface area contributed by atoms with Gasteiger partial charge in [0.2, 0.25) is 5.88 Å². The molecule has 3 aromatic rings. The average molecular weight is 543 g/mol. The van der Waals surface area contributed by atoms with Crippen molar-refractivity contribution in [3.63, 3.8) is 0 Å². The zero-order valence-electron chi connectivity index (χ0n) is 23.1. The lowest BCUT2D eigenvalue weighted by molar-refractivity contribution is -0.136. The second-order valence-corrected chi connectivity index (χ2v) is 9.39. The molecule has 0 saturated carbocycles. The predicted molar refractivity (Wildman–Crippen MR) is 151 cm³/mol. The van der Waals surface area contributed by atoms with Crippen LogP contribution in [0.1, 0.15) is 55.7 Å². The number of nitriles is 1. The second kappa shape index (κ2) is 13.4. The number of carbonyl (C=O) groups is 1. The summed E-state index contributed by atoms with van der Waals surface area (Å²) in [5.41, 5.74) is 9.06. The lowest BCUT2D eigenvalue weighted by Gasteiger charge is -2.27. The number of hydrogen-bond donors (Lipinski definition) is 1. The summed E-state index contributed by atoms with van der Waals surface area (Å²) in [7, 11) is 0. The number of hydrogen-bond acceptors (Lipinski definition) is 8. The van der Waals surface area contributed by atoms with Gasteiger partial charge in [0.25, 0.3) is 0 Å². The van der Waals surface area contributed by atoms with Gasteiger partial charge in [-0.1, -0.05) is 49.6 Å². The summed E-state index contributed by atoms with van der Waals surface area (Å²) in [4.78, 5) is 12.4. The van der Waals surface area contributed by atoms with Crippen molar-refractivity contribution in [3.8, 4) is 34.8 Å². The van der Waals surface area contributed by atoms with E-state index in [1.165, 1.54) is 0 Å². The molecule has 8 heteroatoms. The molecule has 0 amide bonds. The predicted octanol–water partition coefficient (Wildman–Crippen LogP) is 6.17. The Morgan fingerprint density at radius 2 is 1.73 bits per heavy atom. The van der Waals surface area contributed by atoms with Crippen LogP contribution in [0.4, 0.5) is 0 Å². The molecule has 2 N–H and O–H groups in total. The molecule has 3 aromatic carbocycles. The highest BCUT2D eigenvalue weighted by molar-refractivity contribution is 5.74. The van der Waals surface area contributed by atoms with E-state index in [2.05, 4.69) is 13.0 Å². The van der Waals surface area contributed by atoms with Crippen molar-refractivity contribution in [2.24, 2.45) is 5.73 Å². The molecule has 40 heavy (non-hydrogen) atoms. The van der Waals surface area contributed by atoms with Crippen LogP contribution >= 0.6 is 0 Å². The first-order valence-electron chi connectivity index (χ1n) is 13.4. The van der Waals surface area contributed by atoms with Gasteiger partial charge in [0.1, 0.15) is 28.9 Å². The standard InChI is InChI=1S/C32H34N2O6/c1-4-6-7-16-37-27-15-10-22(17-29(27)36-5-2)31-25-14-13-24(18-28(25)40-32(34)26(31)19-33)39-30(35)20-38-23-11-8-21(3)9-12-23/h8-15,17-18,31H,4-7,16,20,34H2,1-3H3. The number of allylic oxidation sites excluding steroid dienone is 1. The Labute approximate surface area is 234 Å². The molecule has 0 aliphatic carbocycles. The SMILES string of the molecule is CCCCCOc1ccc(C2C(C#N)=C(N)Oc3cc(OC(=O)COc4ccc(C)cc4)ccc32)cc1OCC. The number of ether oxygens (including phenoxy) is 5. The lowest BCUT2D eigenvalue weighted by Crippen LogP contribution is -2.22. The van der Waals surface area contributed by atoms with Crippen LogP contribution in [-0.4, -0.2) is 25.8 Å². The first kappa shape index (κ1) is 28.4. The van der Waals surface area contributed by atoms with E-state index < -0.39 is 11.9 Å². The van der Waals surface area contributed by atoms with Gasteiger partial charge in [0, 0.05) is 11.6 Å². The average Bonchev–Trinajstić information content (AvgIpc) is 2.95. The van der Waals surface area contributed by atoms with E-state index in [4.69, 9.17) is 29.4 Å². The summed E-state index contributed by atoms with van der Waals surface area (Å²) in [5.74, 6) is 1.41. The Morgan fingerprint density at radius 3 is 2.45 bits per heavy atom. The van der Waals surface area contributed by atoms with Gasteiger partial charge in [-0.2, -0.15) is 5.26 Å². The first-order chi connectivity index (χ1) is 19.4. The zero-order valence-corrected chi connectivity index (χ0v) is 23.1. The fourth-order valence-electron chi connectivity index (χ4n) is 4.41. The molecule has 208 valence electrons. The molecule has 0 bridgehead atoms. The summed E-state index contributed by atoms with van der Waals surface area (Å²) in [6.45, 7) is 6.83. The Kier molecular flexibility index (Phi) is 9.53. The van der Waals surface area contributed by atoms with Crippen molar-refractivity contribution in [1.82, 2.24) is 0 Å². The Morgan fingerprint density at radius 1 is 0.950 bits per heavy atom. The molecule has 1 aliphatic heterocycles. The molecular weight excluding hydrogens is 508 g/mol.